The van der Waals surface area contributed by atoms with Crippen LogP contribution in [0, 0.1) is 6.92 Å². The topological polar surface area (TPSA) is 88.6 Å². The van der Waals surface area contributed by atoms with Crippen molar-refractivity contribution in [1.82, 2.24) is 9.97 Å². The second kappa shape index (κ2) is 10.8. The minimum Gasteiger partial charge on any atom is -0.497 e. The van der Waals surface area contributed by atoms with Gasteiger partial charge < -0.3 is 25.0 Å². The van der Waals surface area contributed by atoms with E-state index in [0.717, 1.165) is 47.3 Å². The Morgan fingerprint density at radius 1 is 1.03 bits per heavy atom. The van der Waals surface area contributed by atoms with Crippen molar-refractivity contribution in [2.45, 2.75) is 19.8 Å². The molecule has 1 aliphatic heterocycles. The lowest BCUT2D eigenvalue weighted by Crippen LogP contribution is -2.37. The van der Waals surface area contributed by atoms with E-state index in [2.05, 4.69) is 25.5 Å². The van der Waals surface area contributed by atoms with Crippen LogP contribution >= 0.6 is 0 Å². The van der Waals surface area contributed by atoms with Crippen molar-refractivity contribution in [3.05, 3.63) is 65.9 Å². The van der Waals surface area contributed by atoms with Gasteiger partial charge in [-0.1, -0.05) is 12.1 Å². The van der Waals surface area contributed by atoms with Gasteiger partial charge in [0.15, 0.2) is 0 Å². The Labute approximate surface area is 194 Å². The lowest BCUT2D eigenvalue weighted by molar-refractivity contribution is -0.116. The molecule has 0 saturated carbocycles. The van der Waals surface area contributed by atoms with Crippen LogP contribution < -0.4 is 20.3 Å². The third-order valence-corrected chi connectivity index (χ3v) is 5.38. The first-order valence-electron chi connectivity index (χ1n) is 11.1. The molecule has 0 atom stereocenters. The summed E-state index contributed by atoms with van der Waals surface area (Å²) in [5, 5.41) is 6.28. The van der Waals surface area contributed by atoms with E-state index in [1.807, 2.05) is 61.5 Å². The average molecular weight is 448 g/mol. The van der Waals surface area contributed by atoms with Gasteiger partial charge in [-0.15, -0.1) is 0 Å². The van der Waals surface area contributed by atoms with Crippen molar-refractivity contribution in [2.24, 2.45) is 0 Å². The van der Waals surface area contributed by atoms with Gasteiger partial charge in [0.05, 0.1) is 20.3 Å². The van der Waals surface area contributed by atoms with Crippen molar-refractivity contribution in [1.29, 1.82) is 0 Å². The van der Waals surface area contributed by atoms with Gasteiger partial charge >= 0.3 is 0 Å². The molecule has 1 aromatic heterocycles. The summed E-state index contributed by atoms with van der Waals surface area (Å²) in [5.74, 6) is 2.24. The quantitative estimate of drug-likeness (QED) is 0.541. The molecule has 8 nitrogen and oxygen atoms in total. The average Bonchev–Trinajstić information content (AvgIpc) is 2.84. The molecular weight excluding hydrogens is 418 g/mol. The molecule has 8 heteroatoms. The smallest absolute Gasteiger partial charge is 0.227 e. The number of amides is 1. The number of nitrogens with zero attached hydrogens (tertiary/aromatic N) is 3. The minimum atomic E-state index is -0.0203. The Morgan fingerprint density at radius 3 is 2.42 bits per heavy atom. The van der Waals surface area contributed by atoms with Crippen LogP contribution in [0.4, 0.5) is 23.1 Å². The molecule has 2 heterocycles. The molecule has 0 spiro atoms. The lowest BCUT2D eigenvalue weighted by atomic mass is 10.1. The molecule has 0 unspecified atom stereocenters. The lowest BCUT2D eigenvalue weighted by Gasteiger charge is -2.27. The number of benzene rings is 2. The number of aryl methyl sites for hydroxylation is 2. The van der Waals surface area contributed by atoms with Crippen molar-refractivity contribution < 1.29 is 14.3 Å². The fourth-order valence-electron chi connectivity index (χ4n) is 3.58. The number of carbonyl (C=O) groups is 1. The molecule has 1 saturated heterocycles. The maximum Gasteiger partial charge on any atom is 0.227 e. The highest BCUT2D eigenvalue weighted by Gasteiger charge is 2.15. The summed E-state index contributed by atoms with van der Waals surface area (Å²) in [6, 6.07) is 17.3. The first-order chi connectivity index (χ1) is 16.1. The van der Waals surface area contributed by atoms with Crippen molar-refractivity contribution >= 4 is 29.0 Å². The van der Waals surface area contributed by atoms with E-state index < -0.39 is 0 Å². The van der Waals surface area contributed by atoms with Gasteiger partial charge in [-0.05, 0) is 55.3 Å². The number of hydrogen-bond acceptors (Lipinski definition) is 7. The molecule has 1 aliphatic rings. The number of methoxy groups -OCH3 is 1. The van der Waals surface area contributed by atoms with E-state index in [4.69, 9.17) is 9.47 Å². The molecule has 2 N–H and O–H groups in total. The molecular formula is C25H29N5O3. The van der Waals surface area contributed by atoms with Crippen LogP contribution in [0.3, 0.4) is 0 Å². The molecule has 0 bridgehead atoms. The van der Waals surface area contributed by atoms with Gasteiger partial charge in [0, 0.05) is 42.6 Å². The monoisotopic (exact) mass is 447 g/mol. The van der Waals surface area contributed by atoms with Crippen LogP contribution in [0.1, 0.15) is 17.7 Å². The van der Waals surface area contributed by atoms with Crippen LogP contribution in [0.5, 0.6) is 5.75 Å². The SMILES string of the molecule is COc1ccc(CCC(=O)Nc2ccc(Nc3cc(C)nc(N4CCOCC4)n3)cc2)cc1. The summed E-state index contributed by atoms with van der Waals surface area (Å²) in [5.41, 5.74) is 3.64. The second-order valence-electron chi connectivity index (χ2n) is 7.89. The zero-order chi connectivity index (χ0) is 23.0. The van der Waals surface area contributed by atoms with E-state index in [1.165, 1.54) is 0 Å². The Morgan fingerprint density at radius 2 is 1.73 bits per heavy atom. The molecule has 1 fully saturated rings. The fourth-order valence-corrected chi connectivity index (χ4v) is 3.58. The molecule has 4 rings (SSSR count). The Balaban J connectivity index is 1.31. The number of ether oxygens (including phenoxy) is 2. The summed E-state index contributed by atoms with van der Waals surface area (Å²) in [6.07, 6.45) is 1.09. The van der Waals surface area contributed by atoms with Gasteiger partial charge in [-0.3, -0.25) is 4.79 Å². The Bertz CT molecular complexity index is 1060. The molecule has 3 aromatic rings. The number of morpholine rings is 1. The maximum absolute atomic E-state index is 12.3. The Kier molecular flexibility index (Phi) is 7.36. The number of aromatic nitrogens is 2. The summed E-state index contributed by atoms with van der Waals surface area (Å²) >= 11 is 0. The maximum atomic E-state index is 12.3. The summed E-state index contributed by atoms with van der Waals surface area (Å²) in [6.45, 7) is 4.91. The standard InChI is InChI=1S/C25H29N5O3/c1-18-17-23(29-25(26-18)30-13-15-33-16-14-30)27-20-6-8-21(9-7-20)28-24(31)12-5-19-3-10-22(32-2)11-4-19/h3-4,6-11,17H,5,12-16H2,1-2H3,(H,28,31)(H,26,27,29). The number of carbonyl (C=O) groups excluding carboxylic acids is 1. The molecule has 0 aliphatic carbocycles. The highest BCUT2D eigenvalue weighted by atomic mass is 16.5. The van der Waals surface area contributed by atoms with E-state index in [-0.39, 0.29) is 5.91 Å². The van der Waals surface area contributed by atoms with Crippen LogP contribution in [-0.2, 0) is 16.0 Å². The number of hydrogen-bond donors (Lipinski definition) is 2. The van der Waals surface area contributed by atoms with Crippen molar-refractivity contribution in [3.8, 4) is 5.75 Å². The highest BCUT2D eigenvalue weighted by molar-refractivity contribution is 5.91. The fraction of sp³-hybridized carbons (Fsp3) is 0.320. The Hall–Kier alpha value is -3.65. The zero-order valence-corrected chi connectivity index (χ0v) is 19.0. The molecule has 33 heavy (non-hydrogen) atoms. The van der Waals surface area contributed by atoms with Crippen molar-refractivity contribution in [3.63, 3.8) is 0 Å². The number of nitrogens with one attached hydrogen (secondary N) is 2. The van der Waals surface area contributed by atoms with Crippen LogP contribution in [-0.4, -0.2) is 49.3 Å². The van der Waals surface area contributed by atoms with Gasteiger partial charge in [0.1, 0.15) is 11.6 Å². The first-order valence-corrected chi connectivity index (χ1v) is 11.1. The summed E-state index contributed by atoms with van der Waals surface area (Å²) < 4.78 is 10.6. The molecule has 0 radical (unpaired) electrons. The number of rotatable bonds is 8. The van der Waals surface area contributed by atoms with Gasteiger partial charge in [-0.25, -0.2) is 4.98 Å². The van der Waals surface area contributed by atoms with Crippen LogP contribution in [0.25, 0.3) is 0 Å². The largest absolute Gasteiger partial charge is 0.497 e. The third-order valence-electron chi connectivity index (χ3n) is 5.38. The molecule has 2 aromatic carbocycles. The van der Waals surface area contributed by atoms with E-state index >= 15 is 0 Å². The predicted octanol–water partition coefficient (Wildman–Crippen LogP) is 3.95. The third kappa shape index (κ3) is 6.43. The van der Waals surface area contributed by atoms with E-state index in [1.54, 1.807) is 7.11 Å². The summed E-state index contributed by atoms with van der Waals surface area (Å²) in [7, 11) is 1.64. The highest BCUT2D eigenvalue weighted by Crippen LogP contribution is 2.21. The zero-order valence-electron chi connectivity index (χ0n) is 19.0. The van der Waals surface area contributed by atoms with Crippen LogP contribution in [0.2, 0.25) is 0 Å². The van der Waals surface area contributed by atoms with Gasteiger partial charge in [0.25, 0.3) is 0 Å². The van der Waals surface area contributed by atoms with E-state index in [9.17, 15) is 4.79 Å². The van der Waals surface area contributed by atoms with Gasteiger partial charge in [-0.2, -0.15) is 4.98 Å². The van der Waals surface area contributed by atoms with Gasteiger partial charge in [0.2, 0.25) is 11.9 Å². The normalized spacial score (nSPS) is 13.5. The number of anilines is 4. The first kappa shape index (κ1) is 22.5. The van der Waals surface area contributed by atoms with Crippen molar-refractivity contribution in [2.75, 3.05) is 48.9 Å². The van der Waals surface area contributed by atoms with Crippen LogP contribution in [0.15, 0.2) is 54.6 Å². The molecule has 172 valence electrons. The second-order valence-corrected chi connectivity index (χ2v) is 7.89. The van der Waals surface area contributed by atoms with E-state index in [0.29, 0.717) is 32.0 Å². The minimum absolute atomic E-state index is 0.0203. The predicted molar refractivity (Wildman–Crippen MR) is 129 cm³/mol. The summed E-state index contributed by atoms with van der Waals surface area (Å²) in [4.78, 5) is 23.7. The molecule has 1 amide bonds.